The average Bonchev–Trinajstić information content (AvgIpc) is 1.96. The van der Waals surface area contributed by atoms with E-state index in [0.29, 0.717) is 6.61 Å². The lowest BCUT2D eigenvalue weighted by Gasteiger charge is -2.01. The van der Waals surface area contributed by atoms with Crippen LogP contribution in [0.1, 0.15) is 32.6 Å². The Balaban J connectivity index is 2.85. The molecule has 0 aliphatic rings. The van der Waals surface area contributed by atoms with Gasteiger partial charge in [-0.25, -0.2) is 0 Å². The molecule has 0 rings (SSSR count). The Morgan fingerprint density at radius 2 is 2.09 bits per heavy atom. The molecular formula is C9H17BrO. The van der Waals surface area contributed by atoms with E-state index in [0.717, 1.165) is 11.1 Å². The van der Waals surface area contributed by atoms with Crippen LogP contribution >= 0.6 is 15.9 Å². The van der Waals surface area contributed by atoms with Crippen LogP contribution in [0.5, 0.6) is 0 Å². The molecule has 0 saturated carbocycles. The van der Waals surface area contributed by atoms with E-state index in [1.807, 2.05) is 0 Å². The van der Waals surface area contributed by atoms with Gasteiger partial charge in [-0.2, -0.15) is 0 Å². The number of rotatable bonds is 7. The first-order chi connectivity index (χ1) is 5.27. The van der Waals surface area contributed by atoms with E-state index in [9.17, 15) is 0 Å². The predicted octanol–water partition coefficient (Wildman–Crippen LogP) is 3.49. The van der Waals surface area contributed by atoms with Crippen LogP contribution in [0.15, 0.2) is 11.1 Å². The molecule has 1 nitrogen and oxygen atoms in total. The zero-order valence-electron chi connectivity index (χ0n) is 7.24. The molecule has 0 spiro atoms. The van der Waals surface area contributed by atoms with Crippen LogP contribution in [0.25, 0.3) is 0 Å². The third-order valence-corrected chi connectivity index (χ3v) is 1.63. The van der Waals surface area contributed by atoms with Crippen LogP contribution in [-0.2, 0) is 4.74 Å². The summed E-state index contributed by atoms with van der Waals surface area (Å²) < 4.78 is 6.22. The highest BCUT2D eigenvalue weighted by Crippen LogP contribution is 2.03. The molecule has 0 aliphatic heterocycles. The fraction of sp³-hybridized carbons (Fsp3) is 0.778. The minimum absolute atomic E-state index is 0.645. The van der Waals surface area contributed by atoms with Crippen molar-refractivity contribution in [1.82, 2.24) is 0 Å². The van der Waals surface area contributed by atoms with Gasteiger partial charge in [0.05, 0.1) is 6.61 Å². The third kappa shape index (κ3) is 10.2. The van der Waals surface area contributed by atoms with Crippen LogP contribution in [-0.4, -0.2) is 13.2 Å². The lowest BCUT2D eigenvalue weighted by Crippen LogP contribution is -1.95. The molecule has 0 aromatic carbocycles. The van der Waals surface area contributed by atoms with Crippen LogP contribution in [0.3, 0.4) is 0 Å². The summed E-state index contributed by atoms with van der Waals surface area (Å²) in [6, 6.07) is 0. The summed E-state index contributed by atoms with van der Waals surface area (Å²) in [5.41, 5.74) is 0. The molecule has 0 unspecified atom stereocenters. The van der Waals surface area contributed by atoms with Crippen molar-refractivity contribution >= 4 is 15.9 Å². The van der Waals surface area contributed by atoms with E-state index in [4.69, 9.17) is 4.74 Å². The van der Waals surface area contributed by atoms with Gasteiger partial charge in [0.2, 0.25) is 0 Å². The van der Waals surface area contributed by atoms with Crippen molar-refractivity contribution in [1.29, 1.82) is 0 Å². The van der Waals surface area contributed by atoms with E-state index in [1.165, 1.54) is 25.7 Å². The number of halogens is 1. The molecule has 11 heavy (non-hydrogen) atoms. The van der Waals surface area contributed by atoms with Crippen LogP contribution in [0, 0.1) is 0 Å². The first-order valence-electron chi connectivity index (χ1n) is 4.18. The maximum Gasteiger partial charge on any atom is 0.0775 e. The van der Waals surface area contributed by atoms with Crippen molar-refractivity contribution in [2.75, 3.05) is 13.2 Å². The van der Waals surface area contributed by atoms with Gasteiger partial charge in [-0.05, 0) is 6.42 Å². The van der Waals surface area contributed by atoms with Crippen molar-refractivity contribution in [2.24, 2.45) is 0 Å². The molecule has 0 heterocycles. The Kier molecular flexibility index (Phi) is 8.41. The Hall–Kier alpha value is 0.180. The minimum atomic E-state index is 0.645. The predicted molar refractivity (Wildman–Crippen MR) is 53.0 cm³/mol. The number of hydrogen-bond donors (Lipinski definition) is 0. The van der Waals surface area contributed by atoms with E-state index < -0.39 is 0 Å². The monoisotopic (exact) mass is 220 g/mol. The smallest absolute Gasteiger partial charge is 0.0775 e. The number of hydrogen-bond acceptors (Lipinski definition) is 1. The Bertz CT molecular complexity index is 102. The molecule has 0 N–H and O–H groups in total. The molecule has 0 atom stereocenters. The van der Waals surface area contributed by atoms with Gasteiger partial charge < -0.3 is 4.74 Å². The van der Waals surface area contributed by atoms with Gasteiger partial charge in [0, 0.05) is 11.1 Å². The summed E-state index contributed by atoms with van der Waals surface area (Å²) in [6.07, 6.45) is 5.06. The average molecular weight is 221 g/mol. The van der Waals surface area contributed by atoms with Crippen molar-refractivity contribution in [3.63, 3.8) is 0 Å². The Labute approximate surface area is 78.0 Å². The van der Waals surface area contributed by atoms with Gasteiger partial charge in [0.25, 0.3) is 0 Å². The molecule has 0 amide bonds. The van der Waals surface area contributed by atoms with E-state index >= 15 is 0 Å². The minimum Gasteiger partial charge on any atom is -0.376 e. The summed E-state index contributed by atoms with van der Waals surface area (Å²) in [5, 5.41) is 0. The largest absolute Gasteiger partial charge is 0.376 e. The topological polar surface area (TPSA) is 9.23 Å². The van der Waals surface area contributed by atoms with Crippen LogP contribution in [0.2, 0.25) is 0 Å². The maximum absolute atomic E-state index is 5.30. The molecule has 0 fully saturated rings. The van der Waals surface area contributed by atoms with Gasteiger partial charge in [-0.3, -0.25) is 0 Å². The first kappa shape index (κ1) is 11.2. The summed E-state index contributed by atoms with van der Waals surface area (Å²) >= 11 is 3.24. The van der Waals surface area contributed by atoms with E-state index in [1.54, 1.807) is 0 Å². The van der Waals surface area contributed by atoms with Gasteiger partial charge in [-0.1, -0.05) is 48.7 Å². The highest BCUT2D eigenvalue weighted by atomic mass is 79.9. The zero-order chi connectivity index (χ0) is 8.53. The first-order valence-corrected chi connectivity index (χ1v) is 4.97. The molecule has 2 heteroatoms. The van der Waals surface area contributed by atoms with Crippen LogP contribution in [0.4, 0.5) is 0 Å². The Morgan fingerprint density at radius 3 is 2.64 bits per heavy atom. The molecule has 0 bridgehead atoms. The van der Waals surface area contributed by atoms with Crippen molar-refractivity contribution in [3.05, 3.63) is 11.1 Å². The van der Waals surface area contributed by atoms with Crippen molar-refractivity contribution in [3.8, 4) is 0 Å². The molecular weight excluding hydrogens is 204 g/mol. The standard InChI is InChI=1S/C9H17BrO/c1-3-4-5-6-7-11-8-9(2)10/h2-8H2,1H3. The lowest BCUT2D eigenvalue weighted by atomic mass is 10.2. The van der Waals surface area contributed by atoms with Gasteiger partial charge in [-0.15, -0.1) is 0 Å². The fourth-order valence-electron chi connectivity index (χ4n) is 0.814. The summed E-state index contributed by atoms with van der Waals surface area (Å²) in [4.78, 5) is 0. The highest BCUT2D eigenvalue weighted by Gasteiger charge is 1.89. The SMILES string of the molecule is C=C(Br)COCCCCCC. The second kappa shape index (κ2) is 8.28. The number of unbranched alkanes of at least 4 members (excludes halogenated alkanes) is 3. The number of ether oxygens (including phenoxy) is 1. The third-order valence-electron chi connectivity index (χ3n) is 1.40. The van der Waals surface area contributed by atoms with E-state index in [2.05, 4.69) is 29.4 Å². The Morgan fingerprint density at radius 1 is 1.36 bits per heavy atom. The molecule has 66 valence electrons. The molecule has 0 radical (unpaired) electrons. The summed E-state index contributed by atoms with van der Waals surface area (Å²) in [6.45, 7) is 7.40. The molecule has 0 aliphatic carbocycles. The fourth-order valence-corrected chi connectivity index (χ4v) is 0.976. The van der Waals surface area contributed by atoms with Crippen molar-refractivity contribution in [2.45, 2.75) is 32.6 Å². The van der Waals surface area contributed by atoms with Crippen molar-refractivity contribution < 1.29 is 4.74 Å². The normalized spacial score (nSPS) is 10.0. The summed E-state index contributed by atoms with van der Waals surface area (Å²) in [7, 11) is 0. The second-order valence-corrected chi connectivity index (χ2v) is 3.75. The quantitative estimate of drug-likeness (QED) is 0.598. The highest BCUT2D eigenvalue weighted by molar-refractivity contribution is 9.11. The zero-order valence-corrected chi connectivity index (χ0v) is 8.82. The van der Waals surface area contributed by atoms with Crippen LogP contribution < -0.4 is 0 Å². The van der Waals surface area contributed by atoms with Gasteiger partial charge in [0.1, 0.15) is 0 Å². The summed E-state index contributed by atoms with van der Waals surface area (Å²) in [5.74, 6) is 0. The molecule has 0 aromatic rings. The second-order valence-electron chi connectivity index (χ2n) is 2.63. The van der Waals surface area contributed by atoms with Gasteiger partial charge in [0.15, 0.2) is 0 Å². The molecule has 0 saturated heterocycles. The lowest BCUT2D eigenvalue weighted by molar-refractivity contribution is 0.156. The van der Waals surface area contributed by atoms with Gasteiger partial charge >= 0.3 is 0 Å². The van der Waals surface area contributed by atoms with E-state index in [-0.39, 0.29) is 0 Å². The molecule has 0 aromatic heterocycles. The maximum atomic E-state index is 5.30.